The summed E-state index contributed by atoms with van der Waals surface area (Å²) >= 11 is 0. The maximum absolute atomic E-state index is 13.0. The molecule has 0 spiro atoms. The van der Waals surface area contributed by atoms with Gasteiger partial charge >= 0.3 is 12.4 Å². The van der Waals surface area contributed by atoms with Crippen LogP contribution < -0.4 is 30.2 Å². The average molecular weight is 653 g/mol. The van der Waals surface area contributed by atoms with Gasteiger partial charge in [-0.25, -0.2) is 9.97 Å². The number of pyridine rings is 2. The molecule has 252 valence electrons. The summed E-state index contributed by atoms with van der Waals surface area (Å²) in [5.41, 5.74) is 2.16. The topological polar surface area (TPSA) is 62.8 Å². The minimum Gasteiger partial charge on any atom is -0.366 e. The predicted molar refractivity (Wildman–Crippen MR) is 168 cm³/mol. The number of nitrogens with zero attached hydrogens (tertiary/aromatic N) is 6. The van der Waals surface area contributed by atoms with Gasteiger partial charge in [0.15, 0.2) is 11.6 Å². The second-order valence-electron chi connectivity index (χ2n) is 13.6. The summed E-state index contributed by atoms with van der Waals surface area (Å²) in [7, 11) is 0. The number of hydrogen-bond donors (Lipinski definition) is 2. The fraction of sp³-hybridized carbons (Fsp3) is 0.688. The molecule has 8 rings (SSSR count). The van der Waals surface area contributed by atoms with E-state index in [4.69, 9.17) is 0 Å². The molecule has 4 bridgehead atoms. The molecule has 14 heteroatoms. The number of alkyl halides is 6. The van der Waals surface area contributed by atoms with Crippen LogP contribution in [-0.4, -0.2) is 86.8 Å². The van der Waals surface area contributed by atoms with Crippen LogP contribution in [0.5, 0.6) is 0 Å². The number of piperidine rings is 4. The summed E-state index contributed by atoms with van der Waals surface area (Å²) in [4.78, 5) is 17.5. The number of nitrogens with one attached hydrogen (secondary N) is 2. The van der Waals surface area contributed by atoms with Crippen LogP contribution in [0.1, 0.15) is 51.4 Å². The Morgan fingerprint density at radius 1 is 0.522 bits per heavy atom. The van der Waals surface area contributed by atoms with E-state index in [2.05, 4.69) is 30.4 Å². The van der Waals surface area contributed by atoms with Gasteiger partial charge in [0.1, 0.15) is 11.6 Å². The smallest absolute Gasteiger partial charge is 0.366 e. The van der Waals surface area contributed by atoms with Crippen molar-refractivity contribution in [1.29, 1.82) is 0 Å². The van der Waals surface area contributed by atoms with Crippen molar-refractivity contribution in [3.05, 3.63) is 24.3 Å². The molecule has 2 N–H and O–H groups in total. The molecule has 2 unspecified atom stereocenters. The third-order valence-corrected chi connectivity index (χ3v) is 10.3. The number of fused-ring (bicyclic) bond motifs is 8. The number of anilines is 6. The van der Waals surface area contributed by atoms with Gasteiger partial charge in [-0.15, -0.1) is 0 Å². The summed E-state index contributed by atoms with van der Waals surface area (Å²) in [6, 6.07) is 8.56. The highest BCUT2D eigenvalue weighted by atomic mass is 19.4. The minimum absolute atomic E-state index is 0.0163. The van der Waals surface area contributed by atoms with Crippen LogP contribution in [0, 0.1) is 11.8 Å². The van der Waals surface area contributed by atoms with E-state index in [0.29, 0.717) is 49.7 Å². The van der Waals surface area contributed by atoms with E-state index in [-0.39, 0.29) is 25.9 Å². The van der Waals surface area contributed by atoms with Crippen molar-refractivity contribution >= 4 is 34.6 Å². The van der Waals surface area contributed by atoms with Gasteiger partial charge in [-0.1, -0.05) is 0 Å². The lowest BCUT2D eigenvalue weighted by Crippen LogP contribution is -2.46. The third-order valence-electron chi connectivity index (χ3n) is 10.3. The first-order chi connectivity index (χ1) is 22.0. The molecule has 0 amide bonds. The third kappa shape index (κ3) is 6.58. The Morgan fingerprint density at radius 3 is 1.33 bits per heavy atom. The molecule has 0 radical (unpaired) electrons. The van der Waals surface area contributed by atoms with E-state index in [1.807, 2.05) is 24.3 Å². The molecule has 4 fully saturated rings. The lowest BCUT2D eigenvalue weighted by Gasteiger charge is -2.41. The normalized spacial score (nSPS) is 27.4. The maximum Gasteiger partial charge on any atom is 0.393 e. The van der Waals surface area contributed by atoms with Crippen molar-refractivity contribution in [1.82, 2.24) is 9.97 Å². The van der Waals surface area contributed by atoms with E-state index in [9.17, 15) is 26.3 Å². The summed E-state index contributed by atoms with van der Waals surface area (Å²) < 4.78 is 78.0. The molecule has 2 aromatic heterocycles. The molecule has 0 saturated carbocycles. The molecule has 2 aromatic rings. The molecule has 8 nitrogen and oxygen atoms in total. The fourth-order valence-corrected chi connectivity index (χ4v) is 7.88. The molecular weight excluding hydrogens is 610 g/mol. The van der Waals surface area contributed by atoms with Crippen molar-refractivity contribution in [3.63, 3.8) is 0 Å². The van der Waals surface area contributed by atoms with Crippen molar-refractivity contribution in [3.8, 4) is 0 Å². The van der Waals surface area contributed by atoms with Gasteiger partial charge in [-0.05, 0) is 75.6 Å². The first-order valence-corrected chi connectivity index (χ1v) is 16.7. The average Bonchev–Trinajstić information content (AvgIpc) is 3.04. The highest BCUT2D eigenvalue weighted by Crippen LogP contribution is 2.39. The molecule has 4 saturated heterocycles. The number of rotatable bonds is 2. The van der Waals surface area contributed by atoms with Gasteiger partial charge in [0.25, 0.3) is 0 Å². The van der Waals surface area contributed by atoms with Gasteiger partial charge < -0.3 is 30.2 Å². The highest BCUT2D eigenvalue weighted by Gasteiger charge is 2.43. The van der Waals surface area contributed by atoms with Crippen molar-refractivity contribution in [2.75, 3.05) is 82.6 Å². The lowest BCUT2D eigenvalue weighted by atomic mass is 9.97. The van der Waals surface area contributed by atoms with Crippen LogP contribution in [0.3, 0.4) is 0 Å². The molecule has 46 heavy (non-hydrogen) atoms. The van der Waals surface area contributed by atoms with E-state index in [1.165, 1.54) is 0 Å². The van der Waals surface area contributed by atoms with Crippen LogP contribution in [0.4, 0.5) is 61.0 Å². The monoisotopic (exact) mass is 652 g/mol. The van der Waals surface area contributed by atoms with Crippen LogP contribution in [0.15, 0.2) is 24.3 Å². The van der Waals surface area contributed by atoms with Gasteiger partial charge in [0.2, 0.25) is 0 Å². The second-order valence-corrected chi connectivity index (χ2v) is 13.6. The predicted octanol–water partition coefficient (Wildman–Crippen LogP) is 6.51. The quantitative estimate of drug-likeness (QED) is 0.357. The Kier molecular flexibility index (Phi) is 8.41. The Bertz CT molecular complexity index is 1280. The van der Waals surface area contributed by atoms with E-state index in [1.54, 1.807) is 9.80 Å². The zero-order valence-electron chi connectivity index (χ0n) is 25.9. The van der Waals surface area contributed by atoms with Crippen LogP contribution in [-0.2, 0) is 0 Å². The van der Waals surface area contributed by atoms with Crippen LogP contribution in [0.25, 0.3) is 0 Å². The highest BCUT2D eigenvalue weighted by molar-refractivity contribution is 5.73. The Hall–Kier alpha value is -3.32. The summed E-state index contributed by atoms with van der Waals surface area (Å²) in [5, 5.41) is 6.90. The summed E-state index contributed by atoms with van der Waals surface area (Å²) in [5.74, 6) is 0.480. The first kappa shape index (κ1) is 31.3. The Morgan fingerprint density at radius 2 is 0.913 bits per heavy atom. The van der Waals surface area contributed by atoms with Crippen LogP contribution >= 0.6 is 0 Å². The van der Waals surface area contributed by atoms with E-state index in [0.717, 1.165) is 74.9 Å². The Labute approximate surface area is 265 Å². The lowest BCUT2D eigenvalue weighted by molar-refractivity contribution is -0.176. The van der Waals surface area contributed by atoms with Gasteiger partial charge in [-0.3, -0.25) is 0 Å². The second kappa shape index (κ2) is 12.4. The van der Waals surface area contributed by atoms with E-state index >= 15 is 0 Å². The molecule has 0 aromatic carbocycles. The SMILES string of the molecule is FC(F)(F)C1CCCN(c2ccc3c(n2)N[C@@H]2CCCN3C2)C1.FC(F)(F)C1CCCN(c2ccc3c(n2)N[C@H]2CCCN3C2)C1. The molecule has 0 aliphatic carbocycles. The molecule has 4 atom stereocenters. The maximum atomic E-state index is 13.0. The molecule has 6 aliphatic heterocycles. The first-order valence-electron chi connectivity index (χ1n) is 16.7. The zero-order valence-corrected chi connectivity index (χ0v) is 25.9. The zero-order chi connectivity index (χ0) is 32.1. The number of hydrogen-bond acceptors (Lipinski definition) is 8. The van der Waals surface area contributed by atoms with Crippen LogP contribution in [0.2, 0.25) is 0 Å². The standard InChI is InChI=1S/2C16H21F3N4/c2*17-16(18,19)11-3-1-8-23(9-11)14-6-5-13-15(21-14)20-12-4-2-7-22(13)10-12/h2*5-6,11-12H,1-4,7-10H2,(H,20,21)/t2*11?,12-/m10/s1. The molecule has 6 aliphatic rings. The van der Waals surface area contributed by atoms with Gasteiger partial charge in [-0.2, -0.15) is 26.3 Å². The summed E-state index contributed by atoms with van der Waals surface area (Å²) in [6.45, 7) is 5.38. The van der Waals surface area contributed by atoms with Crippen molar-refractivity contribution in [2.45, 2.75) is 75.8 Å². The van der Waals surface area contributed by atoms with Gasteiger partial charge in [0.05, 0.1) is 23.2 Å². The van der Waals surface area contributed by atoms with Crippen molar-refractivity contribution < 1.29 is 26.3 Å². The van der Waals surface area contributed by atoms with Gasteiger partial charge in [0, 0.05) is 64.4 Å². The van der Waals surface area contributed by atoms with Crippen molar-refractivity contribution in [2.24, 2.45) is 11.8 Å². The number of aromatic nitrogens is 2. The largest absolute Gasteiger partial charge is 0.393 e. The molecular formula is C32H42F6N8. The molecule has 8 heterocycles. The fourth-order valence-electron chi connectivity index (χ4n) is 7.88. The minimum atomic E-state index is -4.12. The summed E-state index contributed by atoms with van der Waals surface area (Å²) in [6.07, 6.45) is -2.09. The Balaban J connectivity index is 0.000000147. The number of halogens is 6. The van der Waals surface area contributed by atoms with E-state index < -0.39 is 24.2 Å².